The van der Waals surface area contributed by atoms with E-state index in [4.69, 9.17) is 4.42 Å². The third-order valence-electron chi connectivity index (χ3n) is 6.11. The Labute approximate surface area is 219 Å². The third kappa shape index (κ3) is 5.10. The number of rotatable bonds is 7. The molecule has 2 heterocycles. The maximum absolute atomic E-state index is 6.04. The van der Waals surface area contributed by atoms with Gasteiger partial charge >= 0.3 is 0 Å². The molecule has 0 N–H and O–H groups in total. The summed E-state index contributed by atoms with van der Waals surface area (Å²) in [5.74, 6) is 1.56. The fourth-order valence-electron chi connectivity index (χ4n) is 4.25. The lowest BCUT2D eigenvalue weighted by Gasteiger charge is -2.11. The lowest BCUT2D eigenvalue weighted by atomic mass is 10.0. The summed E-state index contributed by atoms with van der Waals surface area (Å²) in [6.45, 7) is 2.06. The SMILES string of the molecule is Cc1ccc(N=Cc2ccc(Sc3nnc(Cc4cccc5ccccc45)n3-c3ccccc3)o2)cc1. The number of aliphatic imine (C=N–C) groups is 1. The lowest BCUT2D eigenvalue weighted by molar-refractivity contribution is 0.468. The van der Waals surface area contributed by atoms with Gasteiger partial charge in [0.1, 0.15) is 11.6 Å². The smallest absolute Gasteiger partial charge is 0.203 e. The summed E-state index contributed by atoms with van der Waals surface area (Å²) in [5.41, 5.74) is 4.32. The number of aromatic nitrogens is 3. The average molecular weight is 501 g/mol. The Morgan fingerprint density at radius 3 is 2.46 bits per heavy atom. The van der Waals surface area contributed by atoms with Crippen LogP contribution in [-0.2, 0) is 6.42 Å². The van der Waals surface area contributed by atoms with Gasteiger partial charge in [0.2, 0.25) is 5.16 Å². The second-order valence-electron chi connectivity index (χ2n) is 8.74. The van der Waals surface area contributed by atoms with Gasteiger partial charge in [-0.25, -0.2) is 0 Å². The zero-order valence-electron chi connectivity index (χ0n) is 20.3. The molecular weight excluding hydrogens is 476 g/mol. The molecule has 5 nitrogen and oxygen atoms in total. The minimum atomic E-state index is 0.663. The van der Waals surface area contributed by atoms with Crippen molar-refractivity contribution >= 4 is 34.4 Å². The number of hydrogen-bond acceptors (Lipinski definition) is 5. The minimum absolute atomic E-state index is 0.663. The van der Waals surface area contributed by atoms with Crippen molar-refractivity contribution in [1.82, 2.24) is 14.8 Å². The quantitative estimate of drug-likeness (QED) is 0.210. The normalized spacial score (nSPS) is 11.5. The molecule has 6 heteroatoms. The number of benzene rings is 4. The molecule has 37 heavy (non-hydrogen) atoms. The topological polar surface area (TPSA) is 56.2 Å². The van der Waals surface area contributed by atoms with Crippen LogP contribution in [-0.4, -0.2) is 21.0 Å². The van der Waals surface area contributed by atoms with Crippen molar-refractivity contribution in [1.29, 1.82) is 0 Å². The van der Waals surface area contributed by atoms with Gasteiger partial charge in [0.05, 0.1) is 11.9 Å². The predicted octanol–water partition coefficient (Wildman–Crippen LogP) is 7.81. The fraction of sp³-hybridized carbons (Fsp3) is 0.0645. The molecule has 0 spiro atoms. The summed E-state index contributed by atoms with van der Waals surface area (Å²) in [6.07, 6.45) is 2.40. The van der Waals surface area contributed by atoms with Gasteiger partial charge < -0.3 is 4.42 Å². The van der Waals surface area contributed by atoms with Crippen molar-refractivity contribution in [2.75, 3.05) is 0 Å². The fourth-order valence-corrected chi connectivity index (χ4v) is 5.09. The maximum atomic E-state index is 6.04. The first-order chi connectivity index (χ1) is 18.2. The number of furan rings is 1. The maximum Gasteiger partial charge on any atom is 0.203 e. The van der Waals surface area contributed by atoms with Gasteiger partial charge in [0.25, 0.3) is 0 Å². The van der Waals surface area contributed by atoms with E-state index < -0.39 is 0 Å². The summed E-state index contributed by atoms with van der Waals surface area (Å²) < 4.78 is 8.15. The van der Waals surface area contributed by atoms with E-state index in [1.165, 1.54) is 33.7 Å². The molecule has 0 aliphatic rings. The van der Waals surface area contributed by atoms with Gasteiger partial charge in [-0.05, 0) is 71.4 Å². The van der Waals surface area contributed by atoms with E-state index in [0.717, 1.165) is 27.4 Å². The van der Waals surface area contributed by atoms with Gasteiger partial charge in [0, 0.05) is 12.1 Å². The van der Waals surface area contributed by atoms with E-state index in [0.29, 0.717) is 12.2 Å². The molecule has 0 amide bonds. The van der Waals surface area contributed by atoms with Crippen molar-refractivity contribution in [2.24, 2.45) is 4.99 Å². The van der Waals surface area contributed by atoms with Crippen molar-refractivity contribution in [3.63, 3.8) is 0 Å². The first kappa shape index (κ1) is 23.0. The molecule has 4 aromatic carbocycles. The Hall–Kier alpha value is -4.42. The van der Waals surface area contributed by atoms with Crippen LogP contribution in [0.25, 0.3) is 16.5 Å². The highest BCUT2D eigenvalue weighted by atomic mass is 32.2. The van der Waals surface area contributed by atoms with Crippen molar-refractivity contribution in [3.8, 4) is 5.69 Å². The van der Waals surface area contributed by atoms with E-state index in [1.807, 2.05) is 54.6 Å². The number of aryl methyl sites for hydroxylation is 1. The molecular formula is C31H24N4OS. The average Bonchev–Trinajstić information content (AvgIpc) is 3.56. The molecule has 0 fully saturated rings. The summed E-state index contributed by atoms with van der Waals surface area (Å²) in [7, 11) is 0. The van der Waals surface area contributed by atoms with Crippen LogP contribution in [0.1, 0.15) is 22.7 Å². The molecule has 6 rings (SSSR count). The van der Waals surface area contributed by atoms with Crippen LogP contribution >= 0.6 is 11.8 Å². The summed E-state index contributed by atoms with van der Waals surface area (Å²) >= 11 is 1.45. The molecule has 0 aliphatic heterocycles. The second kappa shape index (κ2) is 10.3. The highest BCUT2D eigenvalue weighted by Gasteiger charge is 2.18. The van der Waals surface area contributed by atoms with Crippen molar-refractivity contribution < 1.29 is 4.42 Å². The molecule has 0 atom stereocenters. The number of para-hydroxylation sites is 1. The number of nitrogens with zero attached hydrogens (tertiary/aromatic N) is 4. The van der Waals surface area contributed by atoms with Gasteiger partial charge in [0.15, 0.2) is 5.09 Å². The lowest BCUT2D eigenvalue weighted by Crippen LogP contribution is -2.04. The predicted molar refractivity (Wildman–Crippen MR) is 149 cm³/mol. The van der Waals surface area contributed by atoms with Gasteiger partial charge in [-0.2, -0.15) is 0 Å². The monoisotopic (exact) mass is 500 g/mol. The Balaban J connectivity index is 1.30. The minimum Gasteiger partial charge on any atom is -0.448 e. The third-order valence-corrected chi connectivity index (χ3v) is 6.98. The van der Waals surface area contributed by atoms with Gasteiger partial charge in [-0.3, -0.25) is 9.56 Å². The van der Waals surface area contributed by atoms with Gasteiger partial charge in [-0.1, -0.05) is 78.4 Å². The Morgan fingerprint density at radius 2 is 1.59 bits per heavy atom. The van der Waals surface area contributed by atoms with E-state index >= 15 is 0 Å². The van der Waals surface area contributed by atoms with Crippen LogP contribution in [0, 0.1) is 6.92 Å². The molecule has 0 bridgehead atoms. The summed E-state index contributed by atoms with van der Waals surface area (Å²) in [5, 5.41) is 13.1. The van der Waals surface area contributed by atoms with E-state index in [-0.39, 0.29) is 0 Å². The van der Waals surface area contributed by atoms with Crippen LogP contribution in [0.15, 0.2) is 129 Å². The highest BCUT2D eigenvalue weighted by molar-refractivity contribution is 7.99. The molecule has 0 saturated heterocycles. The van der Waals surface area contributed by atoms with E-state index in [2.05, 4.69) is 81.3 Å². The van der Waals surface area contributed by atoms with Crippen molar-refractivity contribution in [2.45, 2.75) is 23.6 Å². The molecule has 0 aliphatic carbocycles. The molecule has 180 valence electrons. The Bertz CT molecular complexity index is 1680. The van der Waals surface area contributed by atoms with E-state index in [1.54, 1.807) is 6.21 Å². The van der Waals surface area contributed by atoms with Crippen LogP contribution < -0.4 is 0 Å². The molecule has 0 saturated carbocycles. The molecule has 6 aromatic rings. The Morgan fingerprint density at radius 1 is 0.811 bits per heavy atom. The number of hydrogen-bond donors (Lipinski definition) is 0. The zero-order valence-corrected chi connectivity index (χ0v) is 21.1. The second-order valence-corrected chi connectivity index (χ2v) is 9.71. The highest BCUT2D eigenvalue weighted by Crippen LogP contribution is 2.31. The summed E-state index contributed by atoms with van der Waals surface area (Å²) in [6, 6.07) is 37.0. The standard InChI is InChI=1S/C31H24N4OS/c1-22-14-16-25(17-15-22)32-21-27-18-19-30(36-27)37-31-34-33-29(35(31)26-11-3-2-4-12-26)20-24-10-7-9-23-8-5-6-13-28(23)24/h2-19,21H,20H2,1H3. The van der Waals surface area contributed by atoms with Crippen molar-refractivity contribution in [3.05, 3.63) is 132 Å². The summed E-state index contributed by atoms with van der Waals surface area (Å²) in [4.78, 5) is 4.52. The van der Waals surface area contributed by atoms with Crippen LogP contribution in [0.2, 0.25) is 0 Å². The first-order valence-electron chi connectivity index (χ1n) is 12.1. The Kier molecular flexibility index (Phi) is 6.40. The van der Waals surface area contributed by atoms with Crippen LogP contribution in [0.3, 0.4) is 0 Å². The number of fused-ring (bicyclic) bond motifs is 1. The first-order valence-corrected chi connectivity index (χ1v) is 12.9. The van der Waals surface area contributed by atoms with Crippen LogP contribution in [0.5, 0.6) is 0 Å². The largest absolute Gasteiger partial charge is 0.448 e. The molecule has 0 unspecified atom stereocenters. The molecule has 2 aromatic heterocycles. The zero-order chi connectivity index (χ0) is 25.0. The van der Waals surface area contributed by atoms with Crippen LogP contribution in [0.4, 0.5) is 5.69 Å². The van der Waals surface area contributed by atoms with Gasteiger partial charge in [-0.15, -0.1) is 10.2 Å². The molecule has 0 radical (unpaired) electrons. The van der Waals surface area contributed by atoms with E-state index in [9.17, 15) is 0 Å².